The van der Waals surface area contributed by atoms with Gasteiger partial charge in [-0.1, -0.05) is 6.08 Å². The van der Waals surface area contributed by atoms with E-state index in [4.69, 9.17) is 9.47 Å². The largest absolute Gasteiger partial charge is 0.448 e. The molecule has 0 aromatic carbocycles. The second-order valence-electron chi connectivity index (χ2n) is 4.69. The Morgan fingerprint density at radius 3 is 3.00 bits per heavy atom. The van der Waals surface area contributed by atoms with Gasteiger partial charge in [-0.3, -0.25) is 4.79 Å². The van der Waals surface area contributed by atoms with Crippen LogP contribution in [-0.2, 0) is 14.3 Å². The number of morpholine rings is 1. The zero-order valence-electron chi connectivity index (χ0n) is 12.4. The molecular formula is C14H19N3O4S. The fraction of sp³-hybridized carbons (Fsp3) is 0.500. The minimum Gasteiger partial charge on any atom is -0.448 e. The Balaban J connectivity index is 1.88. The molecule has 0 bridgehead atoms. The van der Waals surface area contributed by atoms with Crippen molar-refractivity contribution in [3.05, 3.63) is 23.7 Å². The molecule has 1 atom stereocenters. The maximum atomic E-state index is 12.2. The Morgan fingerprint density at radius 1 is 1.59 bits per heavy atom. The second-order valence-corrected chi connectivity index (χ2v) is 5.55. The van der Waals surface area contributed by atoms with Gasteiger partial charge >= 0.3 is 5.97 Å². The highest BCUT2D eigenvalue weighted by atomic mass is 32.1. The van der Waals surface area contributed by atoms with Gasteiger partial charge in [0.1, 0.15) is 0 Å². The van der Waals surface area contributed by atoms with Gasteiger partial charge in [-0.15, -0.1) is 17.9 Å². The van der Waals surface area contributed by atoms with Crippen molar-refractivity contribution in [1.82, 2.24) is 9.88 Å². The molecule has 1 fully saturated rings. The number of rotatable bonds is 6. The summed E-state index contributed by atoms with van der Waals surface area (Å²) in [4.78, 5) is 29.9. The highest BCUT2D eigenvalue weighted by Gasteiger charge is 2.26. The van der Waals surface area contributed by atoms with Gasteiger partial charge in [-0.25, -0.2) is 9.78 Å². The number of carbonyl (C=O) groups excluding carboxylic acids is 2. The summed E-state index contributed by atoms with van der Waals surface area (Å²) in [5, 5.41) is 5.20. The number of amides is 1. The molecule has 1 aromatic rings. The van der Waals surface area contributed by atoms with Crippen LogP contribution in [0.2, 0.25) is 0 Å². The standard InChI is InChI=1S/C14H19N3O4S/c1-3-4-15-14-16-11(9-22-14)13(19)21-10(2)12(18)17-5-7-20-8-6-17/h3,9-10H,1,4-8H2,2H3,(H,15,16). The van der Waals surface area contributed by atoms with Crippen LogP contribution in [0.3, 0.4) is 0 Å². The summed E-state index contributed by atoms with van der Waals surface area (Å²) in [5.41, 5.74) is 0.193. The van der Waals surface area contributed by atoms with E-state index < -0.39 is 12.1 Å². The molecule has 120 valence electrons. The molecule has 1 aliphatic heterocycles. The highest BCUT2D eigenvalue weighted by Crippen LogP contribution is 2.16. The van der Waals surface area contributed by atoms with Crippen LogP contribution in [0.15, 0.2) is 18.0 Å². The average Bonchev–Trinajstić information content (AvgIpc) is 3.02. The molecule has 22 heavy (non-hydrogen) atoms. The smallest absolute Gasteiger partial charge is 0.358 e. The molecule has 1 saturated heterocycles. The van der Waals surface area contributed by atoms with E-state index in [9.17, 15) is 9.59 Å². The number of hydrogen-bond acceptors (Lipinski definition) is 7. The van der Waals surface area contributed by atoms with Gasteiger partial charge in [0.15, 0.2) is 16.9 Å². The van der Waals surface area contributed by atoms with Gasteiger partial charge in [0.2, 0.25) is 0 Å². The molecule has 0 spiro atoms. The Hall–Kier alpha value is -1.93. The fourth-order valence-electron chi connectivity index (χ4n) is 1.92. The average molecular weight is 325 g/mol. The van der Waals surface area contributed by atoms with Gasteiger partial charge in [-0.05, 0) is 6.92 Å². The minimum atomic E-state index is -0.836. The molecule has 1 unspecified atom stereocenters. The van der Waals surface area contributed by atoms with Crippen molar-refractivity contribution in [3.63, 3.8) is 0 Å². The Morgan fingerprint density at radius 2 is 2.32 bits per heavy atom. The second kappa shape index (κ2) is 7.90. The van der Waals surface area contributed by atoms with Crippen LogP contribution >= 0.6 is 11.3 Å². The molecule has 1 amide bonds. The van der Waals surface area contributed by atoms with Crippen molar-refractivity contribution < 1.29 is 19.1 Å². The van der Waals surface area contributed by atoms with Gasteiger partial charge in [0.25, 0.3) is 5.91 Å². The lowest BCUT2D eigenvalue weighted by Crippen LogP contribution is -2.46. The van der Waals surface area contributed by atoms with Crippen LogP contribution in [0.1, 0.15) is 17.4 Å². The Kier molecular flexibility index (Phi) is 5.91. The van der Waals surface area contributed by atoms with Crippen molar-refractivity contribution in [2.45, 2.75) is 13.0 Å². The summed E-state index contributed by atoms with van der Waals surface area (Å²) in [6.45, 7) is 7.79. The number of nitrogens with zero attached hydrogens (tertiary/aromatic N) is 2. The molecule has 2 heterocycles. The van der Waals surface area contributed by atoms with E-state index >= 15 is 0 Å². The first kappa shape index (κ1) is 16.4. The highest BCUT2D eigenvalue weighted by molar-refractivity contribution is 7.13. The Labute approximate surface area is 132 Å². The maximum Gasteiger partial charge on any atom is 0.358 e. The molecule has 0 radical (unpaired) electrons. The summed E-state index contributed by atoms with van der Waals surface area (Å²) in [7, 11) is 0. The van der Waals surface area contributed by atoms with Gasteiger partial charge in [-0.2, -0.15) is 0 Å². The zero-order valence-corrected chi connectivity index (χ0v) is 13.2. The number of nitrogens with one attached hydrogen (secondary N) is 1. The van der Waals surface area contributed by atoms with Crippen LogP contribution in [0.4, 0.5) is 5.13 Å². The van der Waals surface area contributed by atoms with E-state index in [1.807, 2.05) is 0 Å². The summed E-state index contributed by atoms with van der Waals surface area (Å²) >= 11 is 1.30. The van der Waals surface area contributed by atoms with E-state index in [0.717, 1.165) is 0 Å². The monoisotopic (exact) mass is 325 g/mol. The minimum absolute atomic E-state index is 0.193. The summed E-state index contributed by atoms with van der Waals surface area (Å²) in [6.07, 6.45) is 0.861. The number of aromatic nitrogens is 1. The predicted molar refractivity (Wildman–Crippen MR) is 83.1 cm³/mol. The van der Waals surface area contributed by atoms with Crippen LogP contribution in [0.5, 0.6) is 0 Å². The SMILES string of the molecule is C=CCNc1nc(C(=O)OC(C)C(=O)N2CCOCC2)cs1. The van der Waals surface area contributed by atoms with Gasteiger partial charge in [0, 0.05) is 25.0 Å². The number of ether oxygens (including phenoxy) is 2. The lowest BCUT2D eigenvalue weighted by atomic mass is 10.3. The maximum absolute atomic E-state index is 12.2. The van der Waals surface area contributed by atoms with Crippen molar-refractivity contribution in [2.24, 2.45) is 0 Å². The topological polar surface area (TPSA) is 80.8 Å². The number of hydrogen-bond donors (Lipinski definition) is 1. The number of carbonyl (C=O) groups is 2. The van der Waals surface area contributed by atoms with E-state index in [1.165, 1.54) is 11.3 Å². The van der Waals surface area contributed by atoms with E-state index in [-0.39, 0.29) is 11.6 Å². The number of thiazole rings is 1. The van der Waals surface area contributed by atoms with Crippen molar-refractivity contribution >= 4 is 28.3 Å². The van der Waals surface area contributed by atoms with Crippen LogP contribution in [0.25, 0.3) is 0 Å². The number of anilines is 1. The zero-order chi connectivity index (χ0) is 15.9. The molecular weight excluding hydrogens is 306 g/mol. The predicted octanol–water partition coefficient (Wildman–Crippen LogP) is 1.15. The number of esters is 1. The summed E-state index contributed by atoms with van der Waals surface area (Å²) in [5.74, 6) is -0.811. The molecule has 1 aliphatic rings. The first-order valence-electron chi connectivity index (χ1n) is 6.99. The molecule has 8 heteroatoms. The van der Waals surface area contributed by atoms with E-state index in [1.54, 1.807) is 23.3 Å². The molecule has 1 N–H and O–H groups in total. The third-order valence-electron chi connectivity index (χ3n) is 3.07. The molecule has 7 nitrogen and oxygen atoms in total. The quantitative estimate of drug-likeness (QED) is 0.624. The van der Waals surface area contributed by atoms with Crippen molar-refractivity contribution in [2.75, 3.05) is 38.2 Å². The molecule has 0 saturated carbocycles. The lowest BCUT2D eigenvalue weighted by molar-refractivity contribution is -0.143. The van der Waals surface area contributed by atoms with Crippen molar-refractivity contribution in [1.29, 1.82) is 0 Å². The first-order valence-corrected chi connectivity index (χ1v) is 7.87. The van der Waals surface area contributed by atoms with Crippen molar-refractivity contribution in [3.8, 4) is 0 Å². The summed E-state index contributed by atoms with van der Waals surface area (Å²) in [6, 6.07) is 0. The third kappa shape index (κ3) is 4.28. The summed E-state index contributed by atoms with van der Waals surface area (Å²) < 4.78 is 10.4. The normalized spacial score (nSPS) is 16.0. The van der Waals surface area contributed by atoms with Gasteiger partial charge in [0.05, 0.1) is 13.2 Å². The van der Waals surface area contributed by atoms with Crippen LogP contribution in [0, 0.1) is 0 Å². The molecule has 1 aromatic heterocycles. The lowest BCUT2D eigenvalue weighted by Gasteiger charge is -2.28. The third-order valence-corrected chi connectivity index (χ3v) is 3.87. The Bertz CT molecular complexity index is 540. The first-order chi connectivity index (χ1) is 10.6. The fourth-order valence-corrected chi connectivity index (χ4v) is 2.61. The van der Waals surface area contributed by atoms with Crippen LogP contribution < -0.4 is 5.32 Å². The van der Waals surface area contributed by atoms with E-state index in [0.29, 0.717) is 38.0 Å². The molecule has 0 aliphatic carbocycles. The molecule has 2 rings (SSSR count). The van der Waals surface area contributed by atoms with Gasteiger partial charge < -0.3 is 19.7 Å². The van der Waals surface area contributed by atoms with E-state index in [2.05, 4.69) is 16.9 Å². The van der Waals surface area contributed by atoms with Crippen LogP contribution in [-0.4, -0.2) is 60.7 Å².